The standard InChI is InChI=1S/C16H13F3N2OS2/c1-9-10(2)22-15(20-9)24-8-13-7-23-14(21-13)11-3-5-12(6-4-11)16(17,18)19/h3-7H,8H2,1-2H3. The molecule has 24 heavy (non-hydrogen) atoms. The van der Waals surface area contributed by atoms with Crippen LogP contribution in [0.25, 0.3) is 10.6 Å². The van der Waals surface area contributed by atoms with Crippen molar-refractivity contribution in [1.29, 1.82) is 0 Å². The quantitative estimate of drug-likeness (QED) is 0.550. The molecule has 2 heterocycles. The van der Waals surface area contributed by atoms with Gasteiger partial charge in [-0.3, -0.25) is 0 Å². The van der Waals surface area contributed by atoms with Crippen molar-refractivity contribution in [2.75, 3.05) is 0 Å². The zero-order valence-electron chi connectivity index (χ0n) is 12.8. The van der Waals surface area contributed by atoms with Gasteiger partial charge in [0, 0.05) is 16.7 Å². The molecular formula is C16H13F3N2OS2. The predicted molar refractivity (Wildman–Crippen MR) is 88.1 cm³/mol. The number of oxazole rings is 1. The number of alkyl halides is 3. The van der Waals surface area contributed by atoms with E-state index in [0.717, 1.165) is 29.3 Å². The number of aryl methyl sites for hydroxylation is 2. The van der Waals surface area contributed by atoms with Crippen LogP contribution < -0.4 is 0 Å². The van der Waals surface area contributed by atoms with Crippen LogP contribution >= 0.6 is 23.1 Å². The van der Waals surface area contributed by atoms with Crippen molar-refractivity contribution in [3.63, 3.8) is 0 Å². The lowest BCUT2D eigenvalue weighted by Gasteiger charge is -2.06. The van der Waals surface area contributed by atoms with Gasteiger partial charge < -0.3 is 4.42 Å². The molecule has 0 atom stereocenters. The predicted octanol–water partition coefficient (Wildman–Crippen LogP) is 5.73. The molecule has 0 aliphatic heterocycles. The van der Waals surface area contributed by atoms with E-state index in [-0.39, 0.29) is 0 Å². The van der Waals surface area contributed by atoms with Crippen molar-refractivity contribution in [3.8, 4) is 10.6 Å². The number of halogens is 3. The molecule has 0 radical (unpaired) electrons. The van der Waals surface area contributed by atoms with Crippen LogP contribution in [-0.2, 0) is 11.9 Å². The molecule has 0 spiro atoms. The first-order chi connectivity index (χ1) is 11.3. The third-order valence-electron chi connectivity index (χ3n) is 3.36. The lowest BCUT2D eigenvalue weighted by molar-refractivity contribution is -0.137. The molecule has 3 aromatic rings. The second-order valence-corrected chi connectivity index (χ2v) is 6.91. The Hall–Kier alpha value is -1.80. The van der Waals surface area contributed by atoms with Gasteiger partial charge in [0.25, 0.3) is 5.22 Å². The van der Waals surface area contributed by atoms with E-state index in [9.17, 15) is 13.2 Å². The highest BCUT2D eigenvalue weighted by atomic mass is 32.2. The number of aromatic nitrogens is 2. The van der Waals surface area contributed by atoms with Gasteiger partial charge in [0.1, 0.15) is 10.8 Å². The number of thiazole rings is 1. The van der Waals surface area contributed by atoms with Crippen molar-refractivity contribution in [2.45, 2.75) is 31.0 Å². The SMILES string of the molecule is Cc1nc(SCc2csc(-c3ccc(C(F)(F)F)cc3)n2)oc1C. The smallest absolute Gasteiger partial charge is 0.416 e. The van der Waals surface area contributed by atoms with Crippen molar-refractivity contribution in [3.05, 3.63) is 52.4 Å². The molecule has 0 unspecified atom stereocenters. The monoisotopic (exact) mass is 370 g/mol. The van der Waals surface area contributed by atoms with E-state index in [1.54, 1.807) is 0 Å². The van der Waals surface area contributed by atoms with E-state index >= 15 is 0 Å². The molecule has 3 nitrogen and oxygen atoms in total. The van der Waals surface area contributed by atoms with Gasteiger partial charge in [0.05, 0.1) is 17.0 Å². The zero-order valence-corrected chi connectivity index (χ0v) is 14.5. The van der Waals surface area contributed by atoms with E-state index < -0.39 is 11.7 Å². The minimum Gasteiger partial charge on any atom is -0.437 e. The summed E-state index contributed by atoms with van der Waals surface area (Å²) in [6, 6.07) is 5.03. The lowest BCUT2D eigenvalue weighted by Crippen LogP contribution is -2.03. The molecule has 3 rings (SSSR count). The molecule has 2 aromatic heterocycles. The molecular weight excluding hydrogens is 357 g/mol. The van der Waals surface area contributed by atoms with Crippen LogP contribution in [0.2, 0.25) is 0 Å². The summed E-state index contributed by atoms with van der Waals surface area (Å²) in [6.45, 7) is 3.74. The van der Waals surface area contributed by atoms with E-state index in [1.165, 1.54) is 35.2 Å². The maximum Gasteiger partial charge on any atom is 0.416 e. The first-order valence-corrected chi connectivity index (χ1v) is 8.88. The fourth-order valence-electron chi connectivity index (χ4n) is 1.95. The Morgan fingerprint density at radius 2 is 1.83 bits per heavy atom. The Kier molecular flexibility index (Phi) is 4.69. The molecule has 0 aliphatic carbocycles. The van der Waals surface area contributed by atoms with Crippen molar-refractivity contribution >= 4 is 23.1 Å². The molecule has 0 aliphatic rings. The molecule has 0 saturated heterocycles. The number of nitrogens with zero attached hydrogens (tertiary/aromatic N) is 2. The van der Waals surface area contributed by atoms with Crippen LogP contribution in [0.1, 0.15) is 22.7 Å². The van der Waals surface area contributed by atoms with E-state index in [1.807, 2.05) is 19.2 Å². The van der Waals surface area contributed by atoms with Crippen LogP contribution in [0.15, 0.2) is 39.3 Å². The summed E-state index contributed by atoms with van der Waals surface area (Å²) in [7, 11) is 0. The molecule has 0 amide bonds. The van der Waals surface area contributed by atoms with Gasteiger partial charge >= 0.3 is 6.18 Å². The fourth-order valence-corrected chi connectivity index (χ4v) is 3.68. The third-order valence-corrected chi connectivity index (χ3v) is 5.17. The summed E-state index contributed by atoms with van der Waals surface area (Å²) < 4.78 is 43.3. The topological polar surface area (TPSA) is 38.9 Å². The van der Waals surface area contributed by atoms with Gasteiger partial charge in [-0.25, -0.2) is 9.97 Å². The molecule has 0 bridgehead atoms. The lowest BCUT2D eigenvalue weighted by atomic mass is 10.1. The summed E-state index contributed by atoms with van der Waals surface area (Å²) in [5.41, 5.74) is 1.72. The summed E-state index contributed by atoms with van der Waals surface area (Å²) in [6.07, 6.45) is -4.32. The number of hydrogen-bond donors (Lipinski definition) is 0. The zero-order chi connectivity index (χ0) is 17.3. The van der Waals surface area contributed by atoms with Crippen molar-refractivity contribution in [1.82, 2.24) is 9.97 Å². The highest BCUT2D eigenvalue weighted by molar-refractivity contribution is 7.98. The van der Waals surface area contributed by atoms with Gasteiger partial charge in [-0.05, 0) is 26.0 Å². The number of rotatable bonds is 4. The highest BCUT2D eigenvalue weighted by Crippen LogP contribution is 2.32. The van der Waals surface area contributed by atoms with E-state index in [2.05, 4.69) is 9.97 Å². The third kappa shape index (κ3) is 3.81. The summed E-state index contributed by atoms with van der Waals surface area (Å²) in [4.78, 5) is 8.75. The molecule has 126 valence electrons. The van der Waals surface area contributed by atoms with Crippen molar-refractivity contribution < 1.29 is 17.6 Å². The Morgan fingerprint density at radius 3 is 2.42 bits per heavy atom. The van der Waals surface area contributed by atoms with Crippen molar-refractivity contribution in [2.24, 2.45) is 0 Å². The number of hydrogen-bond acceptors (Lipinski definition) is 5. The van der Waals surface area contributed by atoms with E-state index in [0.29, 0.717) is 21.5 Å². The molecule has 0 fully saturated rings. The van der Waals surface area contributed by atoms with Crippen LogP contribution in [0.5, 0.6) is 0 Å². The van der Waals surface area contributed by atoms with E-state index in [4.69, 9.17) is 4.42 Å². The summed E-state index contributed by atoms with van der Waals surface area (Å²) >= 11 is 2.84. The number of benzene rings is 1. The maximum atomic E-state index is 12.6. The van der Waals surface area contributed by atoms with Gasteiger partial charge in [0.15, 0.2) is 0 Å². The number of thioether (sulfide) groups is 1. The van der Waals surface area contributed by atoms with Crippen LogP contribution in [-0.4, -0.2) is 9.97 Å². The maximum absolute atomic E-state index is 12.6. The summed E-state index contributed by atoms with van der Waals surface area (Å²) in [5, 5.41) is 3.18. The van der Waals surface area contributed by atoms with Gasteiger partial charge in [-0.1, -0.05) is 23.9 Å². The summed E-state index contributed by atoms with van der Waals surface area (Å²) in [5.74, 6) is 1.39. The highest BCUT2D eigenvalue weighted by Gasteiger charge is 2.30. The normalized spacial score (nSPS) is 11.9. The first kappa shape index (κ1) is 17.0. The minimum atomic E-state index is -4.32. The molecule has 0 saturated carbocycles. The second kappa shape index (κ2) is 6.60. The molecule has 8 heteroatoms. The largest absolute Gasteiger partial charge is 0.437 e. The fraction of sp³-hybridized carbons (Fsp3) is 0.250. The van der Waals surface area contributed by atoms with Gasteiger partial charge in [0.2, 0.25) is 0 Å². The van der Waals surface area contributed by atoms with Crippen LogP contribution in [0.4, 0.5) is 13.2 Å². The molecule has 1 aromatic carbocycles. The Bertz CT molecular complexity index is 818. The Balaban J connectivity index is 1.69. The average molecular weight is 370 g/mol. The van der Waals surface area contributed by atoms with Crippen LogP contribution in [0.3, 0.4) is 0 Å². The van der Waals surface area contributed by atoms with Crippen LogP contribution in [0, 0.1) is 13.8 Å². The van der Waals surface area contributed by atoms with Gasteiger partial charge in [-0.15, -0.1) is 11.3 Å². The Labute approximate surface area is 144 Å². The molecule has 0 N–H and O–H groups in total. The average Bonchev–Trinajstić information content (AvgIpc) is 3.12. The second-order valence-electron chi connectivity index (χ2n) is 5.13. The first-order valence-electron chi connectivity index (χ1n) is 7.02. The Morgan fingerprint density at radius 1 is 1.12 bits per heavy atom. The van der Waals surface area contributed by atoms with Gasteiger partial charge in [-0.2, -0.15) is 13.2 Å². The minimum absolute atomic E-state index is 0.592.